The second-order valence-corrected chi connectivity index (χ2v) is 5.05. The van der Waals surface area contributed by atoms with Gasteiger partial charge in [0.15, 0.2) is 31.3 Å². The number of nitrogens with one attached hydrogen (secondary N) is 1. The van der Waals surface area contributed by atoms with E-state index in [4.69, 9.17) is 5.11 Å². The summed E-state index contributed by atoms with van der Waals surface area (Å²) in [5.41, 5.74) is 3.70. The Morgan fingerprint density at radius 3 is 2.09 bits per heavy atom. The first-order valence-corrected chi connectivity index (χ1v) is 7.00. The molecule has 4 heteroatoms. The first kappa shape index (κ1) is 13.9. The van der Waals surface area contributed by atoms with Crippen molar-refractivity contribution in [2.45, 2.75) is 6.54 Å². The number of hydrogen-bond acceptors (Lipinski definition) is 1. The van der Waals surface area contributed by atoms with E-state index in [0.29, 0.717) is 12.1 Å². The molecule has 1 aromatic carbocycles. The van der Waals surface area contributed by atoms with Gasteiger partial charge in [-0.05, 0) is 23.3 Å². The maximum absolute atomic E-state index is 10.8. The number of carbonyl (C=O) groups is 1. The molecule has 0 unspecified atom stereocenters. The third kappa shape index (κ3) is 3.17. The third-order valence-electron chi connectivity index (χ3n) is 3.51. The van der Waals surface area contributed by atoms with Crippen LogP contribution in [0.15, 0.2) is 73.3 Å². The minimum absolute atomic E-state index is 0.310. The molecule has 0 aliphatic heterocycles. The Balaban J connectivity index is 1.75. The highest BCUT2D eigenvalue weighted by atomic mass is 16.4. The second-order valence-electron chi connectivity index (χ2n) is 5.05. The number of benzene rings is 1. The van der Waals surface area contributed by atoms with E-state index in [0.717, 1.165) is 16.7 Å². The van der Waals surface area contributed by atoms with Gasteiger partial charge < -0.3 is 5.11 Å². The Bertz CT molecular complexity index is 766. The van der Waals surface area contributed by atoms with Crippen LogP contribution in [0.2, 0.25) is 0 Å². The molecule has 0 saturated heterocycles. The largest absolute Gasteiger partial charge is 0.478 e. The summed E-state index contributed by atoms with van der Waals surface area (Å²) >= 11 is 0. The van der Waals surface area contributed by atoms with Crippen LogP contribution in [0.5, 0.6) is 0 Å². The molecule has 3 rings (SSSR count). The summed E-state index contributed by atoms with van der Waals surface area (Å²) in [6.45, 7) is 0.711. The van der Waals surface area contributed by atoms with Crippen molar-refractivity contribution in [2.75, 3.05) is 0 Å². The number of carboxylic acids is 1. The smallest absolute Gasteiger partial charge is 0.335 e. The van der Waals surface area contributed by atoms with Crippen molar-refractivity contribution in [3.63, 3.8) is 0 Å². The van der Waals surface area contributed by atoms with E-state index < -0.39 is 5.97 Å². The summed E-state index contributed by atoms with van der Waals surface area (Å²) in [6, 6.07) is 15.2. The first-order valence-electron chi connectivity index (χ1n) is 7.00. The number of hydrogen-bond donors (Lipinski definition) is 1. The van der Waals surface area contributed by atoms with E-state index in [1.165, 1.54) is 0 Å². The van der Waals surface area contributed by atoms with Gasteiger partial charge in [-0.25, -0.2) is 14.3 Å². The minimum atomic E-state index is -0.899. The fourth-order valence-corrected chi connectivity index (χ4v) is 2.30. The standard InChI is InChI=1S/C18H14N2O2/c21-18(22)17-3-1-14(2-4-17)13-20-11-7-16(8-12-20)15-5-9-19-10-6-15/h1-12H,13H2/p+2. The summed E-state index contributed by atoms with van der Waals surface area (Å²) in [6.07, 6.45) is 7.86. The SMILES string of the molecule is O=C(O)c1ccc(C[n+]2ccc(-c3cc[nH+]cc3)cc2)cc1. The highest BCUT2D eigenvalue weighted by molar-refractivity contribution is 5.87. The predicted molar refractivity (Wildman–Crippen MR) is 81.1 cm³/mol. The molecule has 3 aromatic rings. The number of H-pyrrole nitrogens is 1. The van der Waals surface area contributed by atoms with Gasteiger partial charge in [0, 0.05) is 29.8 Å². The van der Waals surface area contributed by atoms with Crippen LogP contribution in [-0.2, 0) is 6.54 Å². The van der Waals surface area contributed by atoms with Crippen molar-refractivity contribution < 1.29 is 19.5 Å². The van der Waals surface area contributed by atoms with Gasteiger partial charge in [0.25, 0.3) is 0 Å². The molecule has 0 amide bonds. The van der Waals surface area contributed by atoms with Gasteiger partial charge in [-0.2, -0.15) is 0 Å². The lowest BCUT2D eigenvalue weighted by atomic mass is 10.1. The predicted octanol–water partition coefficient (Wildman–Crippen LogP) is 2.20. The number of carboxylic acid groups (broad SMARTS) is 1. The van der Waals surface area contributed by atoms with Gasteiger partial charge in [-0.1, -0.05) is 12.1 Å². The van der Waals surface area contributed by atoms with E-state index >= 15 is 0 Å². The fraction of sp³-hybridized carbons (Fsp3) is 0.0556. The van der Waals surface area contributed by atoms with Crippen molar-refractivity contribution in [3.8, 4) is 11.1 Å². The van der Waals surface area contributed by atoms with E-state index in [1.54, 1.807) is 12.1 Å². The average Bonchev–Trinajstić information content (AvgIpc) is 2.57. The molecule has 2 N–H and O–H groups in total. The Morgan fingerprint density at radius 1 is 0.909 bits per heavy atom. The highest BCUT2D eigenvalue weighted by Crippen LogP contribution is 2.15. The molecule has 0 spiro atoms. The molecule has 108 valence electrons. The van der Waals surface area contributed by atoms with Crippen molar-refractivity contribution in [3.05, 3.63) is 84.4 Å². The summed E-state index contributed by atoms with van der Waals surface area (Å²) < 4.78 is 2.06. The molecule has 4 nitrogen and oxygen atoms in total. The second kappa shape index (κ2) is 6.18. The molecule has 0 aliphatic carbocycles. The maximum atomic E-state index is 10.8. The average molecular weight is 292 g/mol. The summed E-state index contributed by atoms with van der Waals surface area (Å²) in [4.78, 5) is 13.8. The molecule has 22 heavy (non-hydrogen) atoms. The van der Waals surface area contributed by atoms with Gasteiger partial charge in [-0.15, -0.1) is 0 Å². The lowest BCUT2D eigenvalue weighted by Gasteiger charge is -2.01. The number of rotatable bonds is 4. The molecule has 0 saturated carbocycles. The summed E-state index contributed by atoms with van der Waals surface area (Å²) in [5, 5.41) is 8.90. The number of pyridine rings is 2. The van der Waals surface area contributed by atoms with Crippen LogP contribution in [0, 0.1) is 0 Å². The molecule has 0 atom stereocenters. The summed E-state index contributed by atoms with van der Waals surface area (Å²) in [5.74, 6) is -0.899. The van der Waals surface area contributed by atoms with Crippen LogP contribution in [-0.4, -0.2) is 11.1 Å². The molecular formula is C18H16N2O2+2. The van der Waals surface area contributed by atoms with Gasteiger partial charge in [-0.3, -0.25) is 0 Å². The number of aromatic amines is 1. The van der Waals surface area contributed by atoms with Gasteiger partial charge in [0.1, 0.15) is 0 Å². The Hall–Kier alpha value is -3.01. The zero-order chi connectivity index (χ0) is 15.4. The summed E-state index contributed by atoms with van der Waals surface area (Å²) in [7, 11) is 0. The molecular weight excluding hydrogens is 276 g/mol. The Morgan fingerprint density at radius 2 is 1.50 bits per heavy atom. The zero-order valence-corrected chi connectivity index (χ0v) is 11.9. The van der Waals surface area contributed by atoms with Crippen molar-refractivity contribution in [1.82, 2.24) is 0 Å². The Kier molecular flexibility index (Phi) is 3.92. The van der Waals surface area contributed by atoms with Crippen LogP contribution in [0.25, 0.3) is 11.1 Å². The van der Waals surface area contributed by atoms with Crippen LogP contribution < -0.4 is 9.55 Å². The zero-order valence-electron chi connectivity index (χ0n) is 11.9. The van der Waals surface area contributed by atoms with Crippen LogP contribution in [0.4, 0.5) is 0 Å². The lowest BCUT2D eigenvalue weighted by molar-refractivity contribution is -0.688. The molecule has 0 aliphatic rings. The van der Waals surface area contributed by atoms with Crippen molar-refractivity contribution in [2.24, 2.45) is 0 Å². The lowest BCUT2D eigenvalue weighted by Crippen LogP contribution is -2.33. The molecule has 0 bridgehead atoms. The topological polar surface area (TPSA) is 55.3 Å². The Labute approximate surface area is 128 Å². The van der Waals surface area contributed by atoms with Gasteiger partial charge >= 0.3 is 5.97 Å². The monoisotopic (exact) mass is 292 g/mol. The van der Waals surface area contributed by atoms with Crippen LogP contribution in [0.3, 0.4) is 0 Å². The molecule has 0 fully saturated rings. The molecule has 0 radical (unpaired) electrons. The molecule has 2 aromatic heterocycles. The highest BCUT2D eigenvalue weighted by Gasteiger charge is 2.06. The van der Waals surface area contributed by atoms with E-state index in [9.17, 15) is 4.79 Å². The van der Waals surface area contributed by atoms with Crippen LogP contribution >= 0.6 is 0 Å². The number of nitrogens with zero attached hydrogens (tertiary/aromatic N) is 1. The minimum Gasteiger partial charge on any atom is -0.478 e. The van der Waals surface area contributed by atoms with E-state index in [1.807, 2.05) is 49.1 Å². The maximum Gasteiger partial charge on any atom is 0.335 e. The fourth-order valence-electron chi connectivity index (χ4n) is 2.30. The quantitative estimate of drug-likeness (QED) is 0.750. The number of aromatic nitrogens is 2. The third-order valence-corrected chi connectivity index (χ3v) is 3.51. The van der Waals surface area contributed by atoms with Crippen molar-refractivity contribution >= 4 is 5.97 Å². The van der Waals surface area contributed by atoms with Crippen molar-refractivity contribution in [1.29, 1.82) is 0 Å². The van der Waals surface area contributed by atoms with Gasteiger partial charge in [0.2, 0.25) is 0 Å². The van der Waals surface area contributed by atoms with E-state index in [2.05, 4.69) is 21.7 Å². The normalized spacial score (nSPS) is 10.4. The number of aromatic carboxylic acids is 1. The first-order chi connectivity index (χ1) is 10.7. The molecule has 2 heterocycles. The van der Waals surface area contributed by atoms with E-state index in [-0.39, 0.29) is 0 Å². The van der Waals surface area contributed by atoms with Crippen LogP contribution in [0.1, 0.15) is 15.9 Å². The van der Waals surface area contributed by atoms with Gasteiger partial charge in [0.05, 0.1) is 5.56 Å².